The van der Waals surface area contributed by atoms with Crippen LogP contribution in [0.4, 0.5) is 0 Å². The van der Waals surface area contributed by atoms with Crippen LogP contribution >= 0.6 is 11.8 Å². The van der Waals surface area contributed by atoms with Crippen molar-refractivity contribution in [2.24, 2.45) is 0 Å². The molecular weight excluding hydrogens is 428 g/mol. The lowest BCUT2D eigenvalue weighted by Crippen LogP contribution is -2.47. The van der Waals surface area contributed by atoms with E-state index in [9.17, 15) is 9.59 Å². The van der Waals surface area contributed by atoms with Crippen molar-refractivity contribution >= 4 is 23.6 Å². The molecule has 2 N–H and O–H groups in total. The van der Waals surface area contributed by atoms with Gasteiger partial charge >= 0.3 is 0 Å². The molecule has 2 atom stereocenters. The molecule has 0 spiro atoms. The monoisotopic (exact) mass is 458 g/mol. The van der Waals surface area contributed by atoms with Crippen LogP contribution in [0.25, 0.3) is 0 Å². The van der Waals surface area contributed by atoms with Gasteiger partial charge in [0.2, 0.25) is 5.91 Å². The molecule has 0 radical (unpaired) electrons. The number of ether oxygens (including phenoxy) is 3. The van der Waals surface area contributed by atoms with E-state index < -0.39 is 6.04 Å². The molecule has 0 aromatic heterocycles. The average molecular weight is 459 g/mol. The molecule has 0 saturated heterocycles. The minimum atomic E-state index is -0.664. The molecule has 7 nitrogen and oxygen atoms in total. The topological polar surface area (TPSA) is 85.9 Å². The summed E-state index contributed by atoms with van der Waals surface area (Å²) in [6.45, 7) is 3.13. The molecule has 0 aliphatic carbocycles. The summed E-state index contributed by atoms with van der Waals surface area (Å²) in [5.74, 6) is 2.03. The summed E-state index contributed by atoms with van der Waals surface area (Å²) in [6, 6.07) is 11.7. The molecule has 32 heavy (non-hydrogen) atoms. The predicted molar refractivity (Wildman–Crippen MR) is 126 cm³/mol. The molecule has 3 rings (SSSR count). The number of carbonyl (C=O) groups excluding carboxylic acids is 2. The summed E-state index contributed by atoms with van der Waals surface area (Å²) in [4.78, 5) is 25.9. The summed E-state index contributed by atoms with van der Waals surface area (Å²) < 4.78 is 16.7. The lowest BCUT2D eigenvalue weighted by molar-refractivity contribution is -0.123. The van der Waals surface area contributed by atoms with Crippen molar-refractivity contribution in [2.75, 3.05) is 32.3 Å². The van der Waals surface area contributed by atoms with Crippen LogP contribution < -0.4 is 24.8 Å². The molecule has 2 aromatic carbocycles. The highest BCUT2D eigenvalue weighted by Gasteiger charge is 2.24. The fraction of sp³-hybridized carbons (Fsp3) is 0.417. The maximum Gasteiger partial charge on any atom is 0.255 e. The van der Waals surface area contributed by atoms with Gasteiger partial charge < -0.3 is 24.8 Å². The predicted octanol–water partition coefficient (Wildman–Crippen LogP) is 3.59. The minimum Gasteiger partial charge on any atom is -0.496 e. The second-order valence-corrected chi connectivity index (χ2v) is 8.48. The number of nitrogens with one attached hydrogen (secondary N) is 2. The van der Waals surface area contributed by atoms with Gasteiger partial charge in [-0.05, 0) is 55.2 Å². The maximum atomic E-state index is 13.1. The molecule has 0 fully saturated rings. The van der Waals surface area contributed by atoms with Gasteiger partial charge in [0.15, 0.2) is 11.5 Å². The number of amides is 2. The summed E-state index contributed by atoms with van der Waals surface area (Å²) >= 11 is 1.62. The first-order valence-corrected chi connectivity index (χ1v) is 12.1. The van der Waals surface area contributed by atoms with Gasteiger partial charge in [-0.3, -0.25) is 9.59 Å². The van der Waals surface area contributed by atoms with E-state index in [1.165, 1.54) is 7.11 Å². The molecule has 1 aliphatic rings. The Bertz CT molecular complexity index is 936. The van der Waals surface area contributed by atoms with Gasteiger partial charge in [0.05, 0.1) is 31.9 Å². The van der Waals surface area contributed by atoms with E-state index >= 15 is 0 Å². The number of hydrogen-bond donors (Lipinski definition) is 2. The van der Waals surface area contributed by atoms with E-state index in [2.05, 4.69) is 10.6 Å². The van der Waals surface area contributed by atoms with Gasteiger partial charge in [0.1, 0.15) is 11.8 Å². The number of hydrogen-bond acceptors (Lipinski definition) is 6. The zero-order chi connectivity index (χ0) is 22.9. The second kappa shape index (κ2) is 11.7. The van der Waals surface area contributed by atoms with Crippen LogP contribution in [-0.2, 0) is 4.79 Å². The van der Waals surface area contributed by atoms with Crippen LogP contribution in [-0.4, -0.2) is 50.2 Å². The van der Waals surface area contributed by atoms with Gasteiger partial charge in [-0.15, -0.1) is 0 Å². The number of rotatable bonds is 9. The van der Waals surface area contributed by atoms with E-state index in [4.69, 9.17) is 14.2 Å². The molecule has 1 aliphatic heterocycles. The molecule has 2 aromatic rings. The third-order valence-corrected chi connectivity index (χ3v) is 5.86. The number of carbonyl (C=O) groups is 2. The van der Waals surface area contributed by atoms with Gasteiger partial charge in [-0.25, -0.2) is 0 Å². The SMILES string of the molecule is COc1ccccc1C(=O)NC(CCSC)C(=O)NC(C)c1ccc2c(c1)OCCCO2. The average Bonchev–Trinajstić information content (AvgIpc) is 3.06. The molecule has 2 unspecified atom stereocenters. The van der Waals surface area contributed by atoms with Gasteiger partial charge in [0, 0.05) is 6.42 Å². The Labute approximate surface area is 193 Å². The van der Waals surface area contributed by atoms with Gasteiger partial charge in [-0.1, -0.05) is 18.2 Å². The minimum absolute atomic E-state index is 0.234. The van der Waals surface area contributed by atoms with Crippen LogP contribution in [0, 0.1) is 0 Å². The molecule has 0 bridgehead atoms. The number of thioether (sulfide) groups is 1. The van der Waals surface area contributed by atoms with E-state index in [0.29, 0.717) is 42.4 Å². The van der Waals surface area contributed by atoms with Crippen LogP contribution in [0.1, 0.15) is 41.7 Å². The third kappa shape index (κ3) is 6.09. The number of para-hydroxylation sites is 1. The normalized spacial score (nSPS) is 14.6. The van der Waals surface area contributed by atoms with Crippen LogP contribution in [0.15, 0.2) is 42.5 Å². The Morgan fingerprint density at radius 1 is 1.09 bits per heavy atom. The number of benzene rings is 2. The van der Waals surface area contributed by atoms with Crippen molar-refractivity contribution in [2.45, 2.75) is 31.8 Å². The molecule has 1 heterocycles. The highest BCUT2D eigenvalue weighted by atomic mass is 32.2. The molecule has 8 heteroatoms. The van der Waals surface area contributed by atoms with E-state index in [1.807, 2.05) is 31.4 Å². The fourth-order valence-corrected chi connectivity index (χ4v) is 3.89. The van der Waals surface area contributed by atoms with Crippen LogP contribution in [0.2, 0.25) is 0 Å². The summed E-state index contributed by atoms with van der Waals surface area (Å²) in [5.41, 5.74) is 1.30. The lowest BCUT2D eigenvalue weighted by atomic mass is 10.1. The third-order valence-electron chi connectivity index (χ3n) is 5.21. The zero-order valence-electron chi connectivity index (χ0n) is 18.7. The molecule has 0 saturated carbocycles. The fourth-order valence-electron chi connectivity index (χ4n) is 3.42. The molecule has 172 valence electrons. The Kier molecular flexibility index (Phi) is 8.67. The van der Waals surface area contributed by atoms with Crippen molar-refractivity contribution in [3.05, 3.63) is 53.6 Å². The lowest BCUT2D eigenvalue weighted by Gasteiger charge is -2.22. The van der Waals surface area contributed by atoms with Crippen LogP contribution in [0.3, 0.4) is 0 Å². The number of methoxy groups -OCH3 is 1. The Morgan fingerprint density at radius 3 is 2.59 bits per heavy atom. The first-order valence-electron chi connectivity index (χ1n) is 10.7. The van der Waals surface area contributed by atoms with Crippen molar-refractivity contribution in [3.63, 3.8) is 0 Å². The first kappa shape index (κ1) is 23.8. The Balaban J connectivity index is 1.70. The Morgan fingerprint density at radius 2 is 1.84 bits per heavy atom. The molecular formula is C24H30N2O5S. The van der Waals surface area contributed by atoms with Crippen molar-refractivity contribution in [1.29, 1.82) is 0 Å². The van der Waals surface area contributed by atoms with E-state index in [-0.39, 0.29) is 17.9 Å². The largest absolute Gasteiger partial charge is 0.496 e. The summed E-state index contributed by atoms with van der Waals surface area (Å²) in [5, 5.41) is 5.89. The maximum absolute atomic E-state index is 13.1. The standard InChI is InChI=1S/C24H30N2O5S/c1-16(17-9-10-21-22(15-17)31-13-6-12-30-21)25-24(28)19(11-14-32-3)26-23(27)18-7-4-5-8-20(18)29-2/h4-5,7-10,15-16,19H,6,11-14H2,1-3H3,(H,25,28)(H,26,27). The zero-order valence-corrected chi connectivity index (χ0v) is 19.5. The molecule has 2 amide bonds. The van der Waals surface area contributed by atoms with Crippen molar-refractivity contribution in [1.82, 2.24) is 10.6 Å². The van der Waals surface area contributed by atoms with Crippen LogP contribution in [0.5, 0.6) is 17.2 Å². The smallest absolute Gasteiger partial charge is 0.255 e. The first-order chi connectivity index (χ1) is 15.5. The summed E-state index contributed by atoms with van der Waals surface area (Å²) in [6.07, 6.45) is 3.32. The highest BCUT2D eigenvalue weighted by Crippen LogP contribution is 2.32. The second-order valence-electron chi connectivity index (χ2n) is 7.49. The number of fused-ring (bicyclic) bond motifs is 1. The van der Waals surface area contributed by atoms with Gasteiger partial charge in [-0.2, -0.15) is 11.8 Å². The van der Waals surface area contributed by atoms with Crippen molar-refractivity contribution < 1.29 is 23.8 Å². The Hall–Kier alpha value is -2.87. The quantitative estimate of drug-likeness (QED) is 0.597. The highest BCUT2D eigenvalue weighted by molar-refractivity contribution is 7.98. The van der Waals surface area contributed by atoms with Crippen molar-refractivity contribution in [3.8, 4) is 17.2 Å². The van der Waals surface area contributed by atoms with E-state index in [1.54, 1.807) is 36.0 Å². The van der Waals surface area contributed by atoms with Gasteiger partial charge in [0.25, 0.3) is 5.91 Å². The van der Waals surface area contributed by atoms with E-state index in [0.717, 1.165) is 17.7 Å². The summed E-state index contributed by atoms with van der Waals surface area (Å²) in [7, 11) is 1.51.